The third-order valence-corrected chi connectivity index (χ3v) is 7.59. The van der Waals surface area contributed by atoms with Crippen molar-refractivity contribution in [2.75, 3.05) is 4.90 Å². The lowest BCUT2D eigenvalue weighted by Crippen LogP contribution is -2.37. The Labute approximate surface area is 223 Å². The second kappa shape index (κ2) is 8.49. The summed E-state index contributed by atoms with van der Waals surface area (Å²) in [6.07, 6.45) is 0. The van der Waals surface area contributed by atoms with E-state index in [1.54, 1.807) is 0 Å². The van der Waals surface area contributed by atoms with E-state index in [9.17, 15) is 0 Å². The Bertz CT molecular complexity index is 1960. The molecule has 0 aliphatic heterocycles. The fourth-order valence-electron chi connectivity index (χ4n) is 6.11. The summed E-state index contributed by atoms with van der Waals surface area (Å²) in [5, 5.41) is 7.65. The van der Waals surface area contributed by atoms with Crippen LogP contribution in [0.2, 0.25) is 0 Å². The predicted molar refractivity (Wildman–Crippen MR) is 164 cm³/mol. The van der Waals surface area contributed by atoms with Crippen LogP contribution in [0.25, 0.3) is 49.0 Å². The molecule has 0 saturated heterocycles. The van der Waals surface area contributed by atoms with Crippen LogP contribution >= 0.6 is 0 Å². The Hall–Kier alpha value is -4.56. The second-order valence-electron chi connectivity index (χ2n) is 11.0. The minimum Gasteiger partial charge on any atom is -0.335 e. The monoisotopic (exact) mass is 490 g/mol. The Morgan fingerprint density at radius 1 is 0.500 bits per heavy atom. The molecular weight excluding hydrogens is 460 g/mol. The zero-order chi connectivity index (χ0) is 25.9. The predicted octanol–water partition coefficient (Wildman–Crippen LogP) is 10.0. The maximum absolute atomic E-state index is 2.55. The van der Waals surface area contributed by atoms with Gasteiger partial charge < -0.3 is 9.47 Å². The van der Waals surface area contributed by atoms with Crippen molar-refractivity contribution in [3.63, 3.8) is 0 Å². The second-order valence-corrected chi connectivity index (χ2v) is 11.0. The summed E-state index contributed by atoms with van der Waals surface area (Å²) in [4.78, 5) is 2.55. The van der Waals surface area contributed by atoms with Gasteiger partial charge in [-0.15, -0.1) is 0 Å². The Morgan fingerprint density at radius 3 is 1.87 bits per heavy atom. The molecule has 0 aliphatic rings. The number of benzene rings is 6. The molecule has 0 atom stereocenters. The van der Waals surface area contributed by atoms with E-state index in [1.165, 1.54) is 60.4 Å². The van der Waals surface area contributed by atoms with Crippen LogP contribution in [0.5, 0.6) is 0 Å². The highest BCUT2D eigenvalue weighted by atomic mass is 15.2. The summed E-state index contributed by atoms with van der Waals surface area (Å²) in [6.45, 7) is 6.94. The molecule has 0 radical (unpaired) electrons. The van der Waals surface area contributed by atoms with Gasteiger partial charge in [0, 0.05) is 27.4 Å². The highest BCUT2D eigenvalue weighted by Gasteiger charge is 2.29. The van der Waals surface area contributed by atoms with Crippen molar-refractivity contribution in [3.8, 4) is 5.69 Å². The summed E-state index contributed by atoms with van der Waals surface area (Å²) >= 11 is 0. The molecule has 0 bridgehead atoms. The van der Waals surface area contributed by atoms with Gasteiger partial charge in [-0.3, -0.25) is 0 Å². The van der Waals surface area contributed by atoms with Gasteiger partial charge in [0.05, 0.1) is 22.4 Å². The van der Waals surface area contributed by atoms with Gasteiger partial charge in [-0.1, -0.05) is 91.0 Å². The van der Waals surface area contributed by atoms with Crippen molar-refractivity contribution in [3.05, 3.63) is 127 Å². The van der Waals surface area contributed by atoms with E-state index in [-0.39, 0.29) is 5.54 Å². The summed E-state index contributed by atoms with van der Waals surface area (Å²) < 4.78 is 2.40. The number of nitrogens with zero attached hydrogens (tertiary/aromatic N) is 2. The Kier molecular flexibility index (Phi) is 5.06. The number of fused-ring (bicyclic) bond motifs is 6. The third kappa shape index (κ3) is 3.41. The summed E-state index contributed by atoms with van der Waals surface area (Å²) in [5.74, 6) is 0. The largest absolute Gasteiger partial charge is 0.335 e. The molecule has 7 aromatic rings. The van der Waals surface area contributed by atoms with Crippen LogP contribution in [0.15, 0.2) is 127 Å². The van der Waals surface area contributed by atoms with E-state index < -0.39 is 0 Å². The maximum atomic E-state index is 2.55. The van der Waals surface area contributed by atoms with E-state index in [0.29, 0.717) is 0 Å². The SMILES string of the molecule is CC(C)(C)N(c1cc2ccccc2c2ccccc12)c1cccc2c1c1ccccc1n2-c1ccccc1. The first-order valence-corrected chi connectivity index (χ1v) is 13.3. The molecule has 6 aromatic carbocycles. The average Bonchev–Trinajstić information content (AvgIpc) is 3.28. The minimum absolute atomic E-state index is 0.171. The average molecular weight is 491 g/mol. The molecule has 2 heteroatoms. The number of para-hydroxylation sites is 2. The first-order chi connectivity index (χ1) is 18.5. The fourth-order valence-corrected chi connectivity index (χ4v) is 6.11. The van der Waals surface area contributed by atoms with Crippen LogP contribution < -0.4 is 4.90 Å². The number of hydrogen-bond acceptors (Lipinski definition) is 1. The highest BCUT2D eigenvalue weighted by molar-refractivity contribution is 6.18. The maximum Gasteiger partial charge on any atom is 0.0562 e. The van der Waals surface area contributed by atoms with Crippen LogP contribution in [0.3, 0.4) is 0 Å². The standard InChI is InChI=1S/C36H30N2/c1-36(2,3)38(34-24-25-14-7-8-17-27(25)28-18-9-10-19-29(28)34)33-23-13-22-32-35(33)30-20-11-12-21-31(30)37(32)26-15-5-4-6-16-26/h4-24H,1-3H3. The fraction of sp³-hybridized carbons (Fsp3) is 0.111. The minimum atomic E-state index is -0.171. The summed E-state index contributed by atoms with van der Waals surface area (Å²) in [6, 6.07) is 46.2. The molecule has 184 valence electrons. The number of aromatic nitrogens is 1. The highest BCUT2D eigenvalue weighted by Crippen LogP contribution is 2.46. The lowest BCUT2D eigenvalue weighted by Gasteiger charge is -2.39. The van der Waals surface area contributed by atoms with Gasteiger partial charge in [0.2, 0.25) is 0 Å². The van der Waals surface area contributed by atoms with Crippen molar-refractivity contribution >= 4 is 54.7 Å². The topological polar surface area (TPSA) is 8.17 Å². The van der Waals surface area contributed by atoms with E-state index in [4.69, 9.17) is 0 Å². The van der Waals surface area contributed by atoms with Crippen LogP contribution in [0, 0.1) is 0 Å². The lowest BCUT2D eigenvalue weighted by atomic mass is 9.95. The molecule has 0 spiro atoms. The summed E-state index contributed by atoms with van der Waals surface area (Å²) in [7, 11) is 0. The van der Waals surface area contributed by atoms with Crippen LogP contribution in [0.4, 0.5) is 11.4 Å². The van der Waals surface area contributed by atoms with Crippen molar-refractivity contribution in [1.29, 1.82) is 0 Å². The van der Waals surface area contributed by atoms with Gasteiger partial charge in [-0.2, -0.15) is 0 Å². The van der Waals surface area contributed by atoms with E-state index >= 15 is 0 Å². The Balaban J connectivity index is 1.61. The lowest BCUT2D eigenvalue weighted by molar-refractivity contribution is 0.563. The zero-order valence-corrected chi connectivity index (χ0v) is 22.0. The van der Waals surface area contributed by atoms with Gasteiger partial charge >= 0.3 is 0 Å². The van der Waals surface area contributed by atoms with Gasteiger partial charge in [0.15, 0.2) is 0 Å². The molecule has 0 saturated carbocycles. The van der Waals surface area contributed by atoms with E-state index in [2.05, 4.69) is 158 Å². The molecule has 1 aromatic heterocycles. The van der Waals surface area contributed by atoms with Crippen molar-refractivity contribution < 1.29 is 0 Å². The first-order valence-electron chi connectivity index (χ1n) is 13.3. The number of rotatable bonds is 3. The molecule has 0 aliphatic carbocycles. The Morgan fingerprint density at radius 2 is 1.11 bits per heavy atom. The molecule has 0 unspecified atom stereocenters. The molecule has 0 N–H and O–H groups in total. The van der Waals surface area contributed by atoms with E-state index in [1.807, 2.05) is 0 Å². The molecule has 1 heterocycles. The quantitative estimate of drug-likeness (QED) is 0.224. The van der Waals surface area contributed by atoms with Crippen LogP contribution in [-0.2, 0) is 0 Å². The number of anilines is 2. The molecule has 2 nitrogen and oxygen atoms in total. The van der Waals surface area contributed by atoms with Crippen molar-refractivity contribution in [2.45, 2.75) is 26.3 Å². The van der Waals surface area contributed by atoms with Gasteiger partial charge in [0.25, 0.3) is 0 Å². The molecule has 7 rings (SSSR count). The molecule has 0 fully saturated rings. The van der Waals surface area contributed by atoms with Gasteiger partial charge in [0.1, 0.15) is 0 Å². The van der Waals surface area contributed by atoms with Crippen LogP contribution in [0.1, 0.15) is 20.8 Å². The normalized spacial score (nSPS) is 12.1. The molecule has 0 amide bonds. The van der Waals surface area contributed by atoms with E-state index in [0.717, 1.165) is 0 Å². The third-order valence-electron chi connectivity index (χ3n) is 7.59. The van der Waals surface area contributed by atoms with Gasteiger partial charge in [-0.25, -0.2) is 0 Å². The number of hydrogen-bond donors (Lipinski definition) is 0. The zero-order valence-electron chi connectivity index (χ0n) is 22.0. The summed E-state index contributed by atoms with van der Waals surface area (Å²) in [5.41, 5.74) is 5.90. The molecule has 38 heavy (non-hydrogen) atoms. The van der Waals surface area contributed by atoms with Crippen molar-refractivity contribution in [2.24, 2.45) is 0 Å². The first kappa shape index (κ1) is 22.6. The van der Waals surface area contributed by atoms with Gasteiger partial charge in [-0.05, 0) is 73.3 Å². The molecular formula is C36H30N2. The smallest absolute Gasteiger partial charge is 0.0562 e. The van der Waals surface area contributed by atoms with Crippen LogP contribution in [-0.4, -0.2) is 10.1 Å². The van der Waals surface area contributed by atoms with Crippen molar-refractivity contribution in [1.82, 2.24) is 4.57 Å².